The molecule has 3 nitrogen and oxygen atoms in total. The smallest absolute Gasteiger partial charge is 0.147 e. The van der Waals surface area contributed by atoms with Crippen LogP contribution in [0.1, 0.15) is 19.2 Å². The summed E-state index contributed by atoms with van der Waals surface area (Å²) < 4.78 is 7.96. The van der Waals surface area contributed by atoms with E-state index in [0.717, 1.165) is 35.1 Å². The highest BCUT2D eigenvalue weighted by Crippen LogP contribution is 2.30. The largest absolute Gasteiger partial charge is 0.492 e. The Kier molecular flexibility index (Phi) is 4.41. The molecule has 1 aliphatic rings. The summed E-state index contributed by atoms with van der Waals surface area (Å²) in [6.07, 6.45) is 1.29. The summed E-state index contributed by atoms with van der Waals surface area (Å²) in [5.41, 5.74) is 2.08. The van der Waals surface area contributed by atoms with Crippen molar-refractivity contribution in [1.29, 1.82) is 0 Å². The molecule has 3 rings (SSSR count). The molecule has 20 heavy (non-hydrogen) atoms. The molecule has 1 atom stereocenters. The van der Waals surface area contributed by atoms with Gasteiger partial charge in [0.15, 0.2) is 0 Å². The highest BCUT2D eigenvalue weighted by atomic mass is 35.5. The number of hydrogen-bond donors (Lipinski definition) is 0. The zero-order valence-corrected chi connectivity index (χ0v) is 13.2. The van der Waals surface area contributed by atoms with Gasteiger partial charge < -0.3 is 9.30 Å². The highest BCUT2D eigenvalue weighted by Gasteiger charge is 2.20. The van der Waals surface area contributed by atoms with Crippen LogP contribution in [0.5, 0.6) is 5.75 Å². The normalized spacial score (nSPS) is 18.8. The minimum Gasteiger partial charge on any atom is -0.492 e. The van der Waals surface area contributed by atoms with E-state index in [9.17, 15) is 0 Å². The number of fused-ring (bicyclic) bond motifs is 1. The second-order valence-corrected chi connectivity index (χ2v) is 6.48. The average molecular weight is 311 g/mol. The van der Waals surface area contributed by atoms with Gasteiger partial charge in [-0.15, -0.1) is 11.6 Å². The number of nitrogens with zero attached hydrogens (tertiary/aromatic N) is 2. The van der Waals surface area contributed by atoms with E-state index >= 15 is 0 Å². The van der Waals surface area contributed by atoms with Gasteiger partial charge in [-0.1, -0.05) is 6.07 Å². The van der Waals surface area contributed by atoms with Gasteiger partial charge in [0.25, 0.3) is 0 Å². The second-order valence-electron chi connectivity index (χ2n) is 5.06. The van der Waals surface area contributed by atoms with Crippen LogP contribution >= 0.6 is 23.4 Å². The molecule has 0 saturated carbocycles. The molecule has 1 unspecified atom stereocenters. The number of para-hydroxylation sites is 1. The Bertz CT molecular complexity index is 593. The van der Waals surface area contributed by atoms with E-state index in [1.165, 1.54) is 17.9 Å². The second kappa shape index (κ2) is 6.27. The first-order chi connectivity index (χ1) is 9.83. The van der Waals surface area contributed by atoms with E-state index in [2.05, 4.69) is 10.6 Å². The lowest BCUT2D eigenvalue weighted by Gasteiger charge is -2.13. The molecule has 1 aromatic carbocycles. The lowest BCUT2D eigenvalue weighted by Crippen LogP contribution is -2.12. The molecule has 1 saturated heterocycles. The predicted octanol–water partition coefficient (Wildman–Crippen LogP) is 3.93. The average Bonchev–Trinajstić information content (AvgIpc) is 3.08. The third-order valence-electron chi connectivity index (χ3n) is 3.71. The highest BCUT2D eigenvalue weighted by molar-refractivity contribution is 7.99. The Hall–Kier alpha value is -0.870. The van der Waals surface area contributed by atoms with Crippen LogP contribution < -0.4 is 4.74 Å². The van der Waals surface area contributed by atoms with Crippen LogP contribution in [0.15, 0.2) is 18.2 Å². The van der Waals surface area contributed by atoms with Gasteiger partial charge in [0.05, 0.1) is 18.0 Å². The SMILES string of the molecule is CCOc1cccc2c1nc(CCl)n2CC1CCSC1. The van der Waals surface area contributed by atoms with Crippen molar-refractivity contribution >= 4 is 34.4 Å². The number of aromatic nitrogens is 2. The maximum atomic E-state index is 6.09. The minimum absolute atomic E-state index is 0.445. The van der Waals surface area contributed by atoms with Crippen LogP contribution in [0.3, 0.4) is 0 Å². The van der Waals surface area contributed by atoms with Gasteiger partial charge >= 0.3 is 0 Å². The zero-order chi connectivity index (χ0) is 13.9. The van der Waals surface area contributed by atoms with Crippen molar-refractivity contribution < 1.29 is 4.74 Å². The molecule has 0 aliphatic carbocycles. The quantitative estimate of drug-likeness (QED) is 0.783. The molecule has 1 aliphatic heterocycles. The van der Waals surface area contributed by atoms with Gasteiger partial charge in [-0.25, -0.2) is 4.98 Å². The summed E-state index contributed by atoms with van der Waals surface area (Å²) in [6, 6.07) is 6.13. The Balaban J connectivity index is 2.02. The molecular formula is C15H19ClN2OS. The van der Waals surface area contributed by atoms with Crippen LogP contribution in [0.2, 0.25) is 0 Å². The van der Waals surface area contributed by atoms with Gasteiger partial charge in [0.2, 0.25) is 0 Å². The molecule has 2 heterocycles. The van der Waals surface area contributed by atoms with Crippen molar-refractivity contribution in [3.8, 4) is 5.75 Å². The standard InChI is InChI=1S/C15H19ClN2OS/c1-2-19-13-5-3-4-12-15(13)17-14(8-16)18(12)9-11-6-7-20-10-11/h3-5,11H,2,6-10H2,1H3. The monoisotopic (exact) mass is 310 g/mol. The third kappa shape index (κ3) is 2.63. The number of benzene rings is 1. The van der Waals surface area contributed by atoms with Crippen molar-refractivity contribution in [2.24, 2.45) is 5.92 Å². The molecule has 0 spiro atoms. The lowest BCUT2D eigenvalue weighted by atomic mass is 10.1. The number of hydrogen-bond acceptors (Lipinski definition) is 3. The van der Waals surface area contributed by atoms with Gasteiger partial charge in [-0.05, 0) is 42.9 Å². The van der Waals surface area contributed by atoms with E-state index in [0.29, 0.717) is 12.5 Å². The van der Waals surface area contributed by atoms with Crippen molar-refractivity contribution in [3.63, 3.8) is 0 Å². The van der Waals surface area contributed by atoms with E-state index < -0.39 is 0 Å². The Morgan fingerprint density at radius 3 is 3.10 bits per heavy atom. The molecule has 1 aromatic heterocycles. The molecule has 0 amide bonds. The Morgan fingerprint density at radius 1 is 1.50 bits per heavy atom. The van der Waals surface area contributed by atoms with Crippen LogP contribution in [0, 0.1) is 5.92 Å². The fourth-order valence-electron chi connectivity index (χ4n) is 2.73. The predicted molar refractivity (Wildman–Crippen MR) is 85.9 cm³/mol. The first-order valence-electron chi connectivity index (χ1n) is 7.08. The minimum atomic E-state index is 0.445. The van der Waals surface area contributed by atoms with E-state index in [-0.39, 0.29) is 0 Å². The van der Waals surface area contributed by atoms with Crippen molar-refractivity contribution in [2.75, 3.05) is 18.1 Å². The fraction of sp³-hybridized carbons (Fsp3) is 0.533. The van der Waals surface area contributed by atoms with Crippen molar-refractivity contribution in [2.45, 2.75) is 25.8 Å². The Labute approximate surface area is 128 Å². The zero-order valence-electron chi connectivity index (χ0n) is 11.6. The third-order valence-corrected chi connectivity index (χ3v) is 5.18. The van der Waals surface area contributed by atoms with Crippen LogP contribution in [-0.4, -0.2) is 27.7 Å². The van der Waals surface area contributed by atoms with Gasteiger partial charge in [-0.2, -0.15) is 11.8 Å². The first kappa shape index (κ1) is 14.1. The number of halogens is 1. The lowest BCUT2D eigenvalue weighted by molar-refractivity contribution is 0.343. The summed E-state index contributed by atoms with van der Waals surface area (Å²) in [7, 11) is 0. The van der Waals surface area contributed by atoms with Crippen molar-refractivity contribution in [3.05, 3.63) is 24.0 Å². The maximum absolute atomic E-state index is 6.09. The summed E-state index contributed by atoms with van der Waals surface area (Å²) >= 11 is 8.13. The van der Waals surface area contributed by atoms with Crippen LogP contribution in [0.25, 0.3) is 11.0 Å². The number of imidazole rings is 1. The Morgan fingerprint density at radius 2 is 2.40 bits per heavy atom. The van der Waals surface area contributed by atoms with E-state index in [1.807, 2.05) is 30.8 Å². The summed E-state index contributed by atoms with van der Waals surface area (Å²) in [4.78, 5) is 4.69. The summed E-state index contributed by atoms with van der Waals surface area (Å²) in [5.74, 6) is 5.50. The number of ether oxygens (including phenoxy) is 1. The van der Waals surface area contributed by atoms with E-state index in [1.54, 1.807) is 0 Å². The maximum Gasteiger partial charge on any atom is 0.147 e. The van der Waals surface area contributed by atoms with E-state index in [4.69, 9.17) is 21.3 Å². The molecule has 0 N–H and O–H groups in total. The number of alkyl halides is 1. The van der Waals surface area contributed by atoms with Gasteiger partial charge in [-0.3, -0.25) is 0 Å². The summed E-state index contributed by atoms with van der Waals surface area (Å²) in [5, 5.41) is 0. The summed E-state index contributed by atoms with van der Waals surface area (Å²) in [6.45, 7) is 3.66. The first-order valence-corrected chi connectivity index (χ1v) is 8.77. The van der Waals surface area contributed by atoms with Gasteiger partial charge in [0.1, 0.15) is 17.1 Å². The molecule has 5 heteroatoms. The molecule has 0 radical (unpaired) electrons. The fourth-order valence-corrected chi connectivity index (χ4v) is 4.21. The molecule has 1 fully saturated rings. The van der Waals surface area contributed by atoms with Crippen LogP contribution in [-0.2, 0) is 12.4 Å². The van der Waals surface area contributed by atoms with Crippen molar-refractivity contribution in [1.82, 2.24) is 9.55 Å². The molecule has 2 aromatic rings. The van der Waals surface area contributed by atoms with Gasteiger partial charge in [0, 0.05) is 6.54 Å². The number of rotatable bonds is 5. The molecular weight excluding hydrogens is 292 g/mol. The molecule has 0 bridgehead atoms. The molecule has 108 valence electrons. The number of thioether (sulfide) groups is 1. The van der Waals surface area contributed by atoms with Crippen LogP contribution in [0.4, 0.5) is 0 Å². The topological polar surface area (TPSA) is 27.1 Å².